The molecule has 0 saturated carbocycles. The van der Waals surface area contributed by atoms with Crippen LogP contribution in [0.1, 0.15) is 69.8 Å². The zero-order valence-corrected chi connectivity index (χ0v) is 55.4. The van der Waals surface area contributed by atoms with Gasteiger partial charge in [-0.2, -0.15) is 5.48 Å². The third kappa shape index (κ3) is 16.3. The number of Topliss-reactive ketones (excluding diaryl/α,β-unsaturated/α-hetero) is 1. The molecule has 482 valence electrons. The molecule has 19 atom stereocenters. The number of carbonyl (C=O) groups is 4. The number of thioether (sulfide) groups is 1. The van der Waals surface area contributed by atoms with Gasteiger partial charge < -0.3 is 87.3 Å². The highest BCUT2D eigenvalue weighted by molar-refractivity contribution is 14.1. The molecule has 4 aliphatic heterocycles. The second-order valence-electron chi connectivity index (χ2n) is 20.8. The molecule has 4 heterocycles. The van der Waals surface area contributed by atoms with E-state index in [0.29, 0.717) is 21.4 Å². The number of methoxy groups -OCH3 is 5. The molecular formula is C57H76IN3O22S4. The number of likely N-dealkylation sites (N-methyl/N-ethyl adjacent to an activating group) is 1. The number of hydrogen-bond donors (Lipinski definition) is 7. The maximum absolute atomic E-state index is 14.5. The number of fused-ring (bicyclic) bond motifs is 2. The summed E-state index contributed by atoms with van der Waals surface area (Å²) >= 11 is 2.80. The van der Waals surface area contributed by atoms with Crippen molar-refractivity contribution in [2.45, 2.75) is 176 Å². The van der Waals surface area contributed by atoms with Gasteiger partial charge in [0, 0.05) is 57.4 Å². The number of nitrogens with one attached hydrogen (secondary N) is 2. The van der Waals surface area contributed by atoms with Crippen LogP contribution >= 0.6 is 65.8 Å². The molecule has 1 aromatic carbocycles. The van der Waals surface area contributed by atoms with Gasteiger partial charge in [-0.15, -0.1) is 0 Å². The molecule has 2 amide bonds. The summed E-state index contributed by atoms with van der Waals surface area (Å²) in [5.41, 5.74) is 1.15. The fourth-order valence-electron chi connectivity index (χ4n) is 11.0. The first kappa shape index (κ1) is 71.0. The quantitative estimate of drug-likeness (QED) is 0.0287. The standard InChI is InChI=1S/C57H76IN3O22S4/c1-13-61(30(6)62)32-25-76-37(23-36(32)71-7)81-50-45(66)42(27(3)78-55(50)80-35-18-16-14-15-17-20-57(70)24-34(64)43(59-56(69)75-11)40(35)31(57)19-21-85-87-84-12)60-83-38-22-33(63)52(29(5)77-38)86-53(68)39-26(2)41(58)48(51(74-10)47(39)72-8)82-54-46(67)49(73-9)44(65)28(4)79-54/h14-15,19,27-29,32-33,35-38,42,44-46,49-50,52,54-55,60,63,65-67,70H,13,21-25H2,1-12H3,(H,59,69)/b15-14+,31-19+/t27-,28+,29-,32+,33+,35+,36+,37+,38+,42-,44+,45+,46-,49-,50-,52-,54+,55+,57+/m1/s1. The van der Waals surface area contributed by atoms with Crippen LogP contribution in [0, 0.1) is 34.2 Å². The summed E-state index contributed by atoms with van der Waals surface area (Å²) in [5.74, 6) is 11.0. The molecule has 0 aromatic heterocycles. The fourth-order valence-corrected chi connectivity index (χ4v) is 15.2. The van der Waals surface area contributed by atoms with E-state index in [1.165, 1.54) is 78.9 Å². The number of nitrogens with zero attached hydrogens (tertiary/aromatic N) is 1. The average molecular weight is 1410 g/mol. The molecule has 2 aliphatic carbocycles. The van der Waals surface area contributed by atoms with E-state index in [1.54, 1.807) is 38.7 Å². The van der Waals surface area contributed by atoms with Crippen molar-refractivity contribution in [3.63, 3.8) is 0 Å². The summed E-state index contributed by atoms with van der Waals surface area (Å²) in [4.78, 5) is 62.0. The number of halogens is 1. The summed E-state index contributed by atoms with van der Waals surface area (Å²) in [7, 11) is 11.1. The van der Waals surface area contributed by atoms with Gasteiger partial charge in [-0.25, -0.2) is 4.79 Å². The van der Waals surface area contributed by atoms with E-state index >= 15 is 0 Å². The first-order valence-electron chi connectivity index (χ1n) is 27.7. The van der Waals surface area contributed by atoms with E-state index in [0.717, 1.165) is 18.9 Å². The predicted molar refractivity (Wildman–Crippen MR) is 329 cm³/mol. The lowest BCUT2D eigenvalue weighted by atomic mass is 9.75. The molecule has 30 heteroatoms. The molecule has 7 N–H and O–H groups in total. The zero-order valence-electron chi connectivity index (χ0n) is 50.0. The molecule has 6 aliphatic rings. The molecule has 4 saturated heterocycles. The fraction of sp³-hybridized carbons (Fsp3) is 0.649. The molecule has 0 radical (unpaired) electrons. The second kappa shape index (κ2) is 32.2. The lowest BCUT2D eigenvalue weighted by Crippen LogP contribution is -2.65. The van der Waals surface area contributed by atoms with Gasteiger partial charge in [0.15, 0.2) is 41.8 Å². The van der Waals surface area contributed by atoms with Crippen LogP contribution in [0.15, 0.2) is 35.1 Å². The number of aliphatic hydroxyl groups excluding tert-OH is 4. The summed E-state index contributed by atoms with van der Waals surface area (Å²) < 4.78 is 72.7. The van der Waals surface area contributed by atoms with E-state index in [1.807, 2.05) is 35.8 Å². The van der Waals surface area contributed by atoms with Crippen molar-refractivity contribution < 1.29 is 106 Å². The number of rotatable bonds is 22. The molecule has 7 rings (SSSR count). The van der Waals surface area contributed by atoms with E-state index < -0.39 is 139 Å². The van der Waals surface area contributed by atoms with Crippen molar-refractivity contribution in [3.05, 3.63) is 49.8 Å². The first-order chi connectivity index (χ1) is 41.5. The van der Waals surface area contributed by atoms with Crippen LogP contribution in [0.3, 0.4) is 0 Å². The highest BCUT2D eigenvalue weighted by Gasteiger charge is 2.52. The van der Waals surface area contributed by atoms with Crippen molar-refractivity contribution >= 4 is 88.7 Å². The smallest absolute Gasteiger partial charge is 0.411 e. The van der Waals surface area contributed by atoms with E-state index in [9.17, 15) is 44.7 Å². The minimum Gasteiger partial charge on any atom is -0.492 e. The SMILES string of the molecule is CCN(C(C)=O)[C@H]1CO[C@@H](O[C@H]2[C@H](O[C@H]3C#C/C=C/C#C[C@]4(O)CC(=O)C(NC(=O)OC)=C3/C4=C\CSSSC)O[C@H](C)[C@@H](NO[C@H]3C[C@H](O)[C@H](SC(=O)c4c(C)c(I)c(O[C@@H]5O[C@@H](C)[C@H](O)[C@@H](OC)[C@H]5O)c(OC)c4OC)[C@@H](C)O3)[C@@H]2O)C[C@@H]1OC. The van der Waals surface area contributed by atoms with Crippen molar-refractivity contribution in [2.24, 2.45) is 0 Å². The van der Waals surface area contributed by atoms with E-state index in [-0.39, 0.29) is 65.0 Å². The molecule has 25 nitrogen and oxygen atoms in total. The van der Waals surface area contributed by atoms with Gasteiger partial charge in [-0.1, -0.05) is 63.1 Å². The number of amides is 2. The first-order valence-corrected chi connectivity index (χ1v) is 33.8. The van der Waals surface area contributed by atoms with E-state index in [4.69, 9.17) is 61.7 Å². The van der Waals surface area contributed by atoms with Crippen LogP contribution in [0.2, 0.25) is 0 Å². The molecule has 0 spiro atoms. The number of hydrogen-bond acceptors (Lipinski definition) is 27. The highest BCUT2D eigenvalue weighted by atomic mass is 127. The highest BCUT2D eigenvalue weighted by Crippen LogP contribution is 2.49. The van der Waals surface area contributed by atoms with Crippen LogP contribution in [0.5, 0.6) is 17.2 Å². The Hall–Kier alpha value is -3.43. The summed E-state index contributed by atoms with van der Waals surface area (Å²) in [6, 6.07) is -1.62. The van der Waals surface area contributed by atoms with Crippen LogP contribution in [-0.2, 0) is 57.1 Å². The Morgan fingerprint density at radius 1 is 0.885 bits per heavy atom. The molecule has 1 aromatic rings. The van der Waals surface area contributed by atoms with Crippen molar-refractivity contribution in [3.8, 4) is 40.9 Å². The number of ketones is 1. The zero-order chi connectivity index (χ0) is 63.6. The molecule has 87 heavy (non-hydrogen) atoms. The van der Waals surface area contributed by atoms with Gasteiger partial charge >= 0.3 is 6.09 Å². The molecule has 2 bridgehead atoms. The van der Waals surface area contributed by atoms with Crippen molar-refractivity contribution in [1.82, 2.24) is 15.7 Å². The van der Waals surface area contributed by atoms with E-state index in [2.05, 4.69) is 34.5 Å². The van der Waals surface area contributed by atoms with Crippen molar-refractivity contribution in [2.75, 3.05) is 60.7 Å². The second-order valence-corrected chi connectivity index (χ2v) is 27.4. The maximum atomic E-state index is 14.5. The molecular weight excluding hydrogens is 1330 g/mol. The van der Waals surface area contributed by atoms with Crippen LogP contribution in [0.25, 0.3) is 0 Å². The Morgan fingerprint density at radius 2 is 1.60 bits per heavy atom. The Morgan fingerprint density at radius 3 is 2.24 bits per heavy atom. The monoisotopic (exact) mass is 1410 g/mol. The summed E-state index contributed by atoms with van der Waals surface area (Å²) in [6.45, 7) is 10.2. The number of benzene rings is 1. The minimum absolute atomic E-state index is 0.0116. The van der Waals surface area contributed by atoms with Gasteiger partial charge in [0.25, 0.3) is 0 Å². The van der Waals surface area contributed by atoms with Crippen LogP contribution in [-0.4, -0.2) is 229 Å². The molecule has 4 fully saturated rings. The van der Waals surface area contributed by atoms with Crippen LogP contribution in [0.4, 0.5) is 4.79 Å². The Labute approximate surface area is 534 Å². The number of hydroxylamine groups is 1. The summed E-state index contributed by atoms with van der Waals surface area (Å²) in [5, 5.41) is 59.4. The normalized spacial score (nSPS) is 35.0. The number of alkyl carbamates (subject to hydrolysis) is 1. The topological polar surface area (TPSA) is 317 Å². The number of carbonyl (C=O) groups excluding carboxylic acids is 4. The predicted octanol–water partition coefficient (Wildman–Crippen LogP) is 3.46. The Balaban J connectivity index is 1.14. The van der Waals surface area contributed by atoms with Gasteiger partial charge in [-0.3, -0.25) is 24.5 Å². The molecule has 0 unspecified atom stereocenters. The third-order valence-electron chi connectivity index (χ3n) is 15.4. The van der Waals surface area contributed by atoms with Gasteiger partial charge in [0.1, 0.15) is 36.6 Å². The van der Waals surface area contributed by atoms with Gasteiger partial charge in [0.05, 0.1) is 97.0 Å². The lowest BCUT2D eigenvalue weighted by Gasteiger charge is -2.47. The Kier molecular flexibility index (Phi) is 26.3. The number of ether oxygens (including phenoxy) is 12. The average Bonchev–Trinajstić information content (AvgIpc) is 1.63. The number of aliphatic hydroxyl groups is 5. The van der Waals surface area contributed by atoms with Crippen LogP contribution < -0.4 is 25.0 Å². The van der Waals surface area contributed by atoms with Gasteiger partial charge in [0.2, 0.25) is 23.1 Å². The Bertz CT molecular complexity index is 2860. The summed E-state index contributed by atoms with van der Waals surface area (Å²) in [6.07, 6.45) is -12.9. The maximum Gasteiger partial charge on any atom is 0.411 e. The third-order valence-corrected chi connectivity index (χ3v) is 21.8. The van der Waals surface area contributed by atoms with Crippen molar-refractivity contribution in [1.29, 1.82) is 0 Å². The lowest BCUT2D eigenvalue weighted by molar-refractivity contribution is -0.337. The minimum atomic E-state index is -2.08. The largest absolute Gasteiger partial charge is 0.492 e. The van der Waals surface area contributed by atoms with Gasteiger partial charge in [-0.05, 0) is 91.0 Å². The number of allylic oxidation sites excluding steroid dienone is 3.